The van der Waals surface area contributed by atoms with Gasteiger partial charge in [0.2, 0.25) is 0 Å². The fourth-order valence-electron chi connectivity index (χ4n) is 1.54. The van der Waals surface area contributed by atoms with Crippen LogP contribution in [-0.4, -0.2) is 4.83 Å². The molecule has 0 aromatic carbocycles. The molecule has 0 aromatic heterocycles. The summed E-state index contributed by atoms with van der Waals surface area (Å²) in [4.78, 5) is 0.612. The fourth-order valence-corrected chi connectivity index (χ4v) is 2.21. The van der Waals surface area contributed by atoms with Crippen molar-refractivity contribution in [2.45, 2.75) is 38.4 Å². The molecule has 11 heavy (non-hydrogen) atoms. The summed E-state index contributed by atoms with van der Waals surface area (Å²) in [7, 11) is 0. The van der Waals surface area contributed by atoms with Crippen molar-refractivity contribution in [2.24, 2.45) is 11.3 Å². The molecular formula is C10H17Br. The van der Waals surface area contributed by atoms with Crippen LogP contribution in [0.3, 0.4) is 0 Å². The number of allylic oxidation sites excluding steroid dienone is 2. The van der Waals surface area contributed by atoms with Crippen LogP contribution in [0.4, 0.5) is 0 Å². The Morgan fingerprint density at radius 2 is 2.00 bits per heavy atom. The van der Waals surface area contributed by atoms with Crippen molar-refractivity contribution in [2.75, 3.05) is 0 Å². The highest BCUT2D eigenvalue weighted by Gasteiger charge is 2.26. The summed E-state index contributed by atoms with van der Waals surface area (Å²) in [5.41, 5.74) is 0.469. The minimum absolute atomic E-state index is 0.469. The van der Waals surface area contributed by atoms with Crippen molar-refractivity contribution in [3.8, 4) is 0 Å². The number of hydrogen-bond acceptors (Lipinski definition) is 0. The van der Waals surface area contributed by atoms with Crippen LogP contribution >= 0.6 is 15.9 Å². The van der Waals surface area contributed by atoms with E-state index >= 15 is 0 Å². The second-order valence-corrected chi connectivity index (χ2v) is 5.65. The van der Waals surface area contributed by atoms with Crippen molar-refractivity contribution in [1.82, 2.24) is 0 Å². The van der Waals surface area contributed by atoms with E-state index in [2.05, 4.69) is 48.9 Å². The molecule has 0 fully saturated rings. The summed E-state index contributed by atoms with van der Waals surface area (Å²) in [6, 6.07) is 0. The molecule has 2 unspecified atom stereocenters. The van der Waals surface area contributed by atoms with Gasteiger partial charge in [-0.15, -0.1) is 0 Å². The molecule has 0 bridgehead atoms. The van der Waals surface area contributed by atoms with E-state index in [9.17, 15) is 0 Å². The largest absolute Gasteiger partial charge is 0.0871 e. The van der Waals surface area contributed by atoms with E-state index in [4.69, 9.17) is 0 Å². The van der Waals surface area contributed by atoms with Crippen LogP contribution in [0.25, 0.3) is 0 Å². The van der Waals surface area contributed by atoms with Crippen molar-refractivity contribution in [1.29, 1.82) is 0 Å². The molecule has 0 aromatic rings. The van der Waals surface area contributed by atoms with Gasteiger partial charge in [0.1, 0.15) is 0 Å². The number of hydrogen-bond donors (Lipinski definition) is 0. The number of halogens is 1. The Balaban J connectivity index is 2.57. The van der Waals surface area contributed by atoms with Crippen molar-refractivity contribution >= 4 is 15.9 Å². The normalized spacial score (nSPS) is 32.4. The molecule has 0 amide bonds. The second-order valence-electron chi connectivity index (χ2n) is 4.48. The highest BCUT2D eigenvalue weighted by molar-refractivity contribution is 9.09. The van der Waals surface area contributed by atoms with Gasteiger partial charge in [0.25, 0.3) is 0 Å². The van der Waals surface area contributed by atoms with Crippen molar-refractivity contribution in [3.05, 3.63) is 12.2 Å². The van der Waals surface area contributed by atoms with Crippen LogP contribution in [0, 0.1) is 11.3 Å². The van der Waals surface area contributed by atoms with Gasteiger partial charge in [0, 0.05) is 4.83 Å². The minimum atomic E-state index is 0.469. The maximum atomic E-state index is 3.63. The highest BCUT2D eigenvalue weighted by Crippen LogP contribution is 2.36. The van der Waals surface area contributed by atoms with Gasteiger partial charge in [-0.25, -0.2) is 0 Å². The second kappa shape index (κ2) is 3.30. The zero-order chi connectivity index (χ0) is 8.48. The monoisotopic (exact) mass is 216 g/mol. The van der Waals surface area contributed by atoms with E-state index in [-0.39, 0.29) is 0 Å². The van der Waals surface area contributed by atoms with Gasteiger partial charge in [-0.2, -0.15) is 0 Å². The number of alkyl halides is 1. The molecule has 0 aliphatic heterocycles. The molecule has 0 saturated heterocycles. The van der Waals surface area contributed by atoms with E-state index < -0.39 is 0 Å². The molecule has 1 aliphatic rings. The summed E-state index contributed by atoms with van der Waals surface area (Å²) >= 11 is 3.63. The van der Waals surface area contributed by atoms with Crippen LogP contribution in [0.5, 0.6) is 0 Å². The van der Waals surface area contributed by atoms with Gasteiger partial charge >= 0.3 is 0 Å². The smallest absolute Gasteiger partial charge is 0.0328 e. The van der Waals surface area contributed by atoms with Gasteiger partial charge in [-0.1, -0.05) is 48.9 Å². The first-order valence-electron chi connectivity index (χ1n) is 4.31. The van der Waals surface area contributed by atoms with Crippen molar-refractivity contribution < 1.29 is 0 Å². The van der Waals surface area contributed by atoms with Crippen LogP contribution < -0.4 is 0 Å². The fraction of sp³-hybridized carbons (Fsp3) is 0.800. The van der Waals surface area contributed by atoms with Gasteiger partial charge in [-0.3, -0.25) is 0 Å². The molecule has 2 atom stereocenters. The average molecular weight is 217 g/mol. The van der Waals surface area contributed by atoms with Crippen LogP contribution in [0.2, 0.25) is 0 Å². The quantitative estimate of drug-likeness (QED) is 0.428. The molecule has 1 rings (SSSR count). The van der Waals surface area contributed by atoms with Gasteiger partial charge in [-0.05, 0) is 24.2 Å². The van der Waals surface area contributed by atoms with E-state index in [1.807, 2.05) is 0 Å². The zero-order valence-electron chi connectivity index (χ0n) is 7.60. The standard InChI is InChI=1S/C10H17Br/c1-10(2,3)8-5-4-6-9(11)7-8/h4,6,8-9H,5,7H2,1-3H3. The van der Waals surface area contributed by atoms with Crippen LogP contribution in [0.1, 0.15) is 33.6 Å². The first-order valence-corrected chi connectivity index (χ1v) is 5.22. The SMILES string of the molecule is CC(C)(C)C1CC=CC(Br)C1. The third kappa shape index (κ3) is 2.62. The lowest BCUT2D eigenvalue weighted by Crippen LogP contribution is -2.24. The van der Waals surface area contributed by atoms with Gasteiger partial charge < -0.3 is 0 Å². The summed E-state index contributed by atoms with van der Waals surface area (Å²) < 4.78 is 0. The summed E-state index contributed by atoms with van der Waals surface area (Å²) in [5.74, 6) is 0.844. The molecule has 0 nitrogen and oxygen atoms in total. The Hall–Kier alpha value is 0.220. The van der Waals surface area contributed by atoms with E-state index in [0.29, 0.717) is 10.2 Å². The molecule has 64 valence electrons. The zero-order valence-corrected chi connectivity index (χ0v) is 9.19. The topological polar surface area (TPSA) is 0 Å². The maximum Gasteiger partial charge on any atom is 0.0328 e. The van der Waals surface area contributed by atoms with Crippen molar-refractivity contribution in [3.63, 3.8) is 0 Å². The summed E-state index contributed by atoms with van der Waals surface area (Å²) in [6.45, 7) is 6.99. The molecule has 1 heteroatoms. The van der Waals surface area contributed by atoms with E-state index in [1.165, 1.54) is 12.8 Å². The Labute approximate surface area is 78.2 Å². The highest BCUT2D eigenvalue weighted by atomic mass is 79.9. The first-order chi connectivity index (χ1) is 5.00. The molecule has 0 saturated carbocycles. The first kappa shape index (κ1) is 9.31. The van der Waals surface area contributed by atoms with Crippen LogP contribution in [0.15, 0.2) is 12.2 Å². The summed E-state index contributed by atoms with van der Waals surface area (Å²) in [5, 5.41) is 0. The van der Waals surface area contributed by atoms with E-state index in [1.54, 1.807) is 0 Å². The number of rotatable bonds is 0. The molecule has 1 aliphatic carbocycles. The Morgan fingerprint density at radius 3 is 2.36 bits per heavy atom. The molecule has 0 N–H and O–H groups in total. The predicted octanol–water partition coefficient (Wildman–Crippen LogP) is 3.76. The lowest BCUT2D eigenvalue weighted by Gasteiger charge is -2.33. The minimum Gasteiger partial charge on any atom is -0.0871 e. The molecular weight excluding hydrogens is 200 g/mol. The average Bonchev–Trinajstić information content (AvgIpc) is 1.86. The Bertz CT molecular complexity index is 153. The molecule has 0 spiro atoms. The van der Waals surface area contributed by atoms with Gasteiger partial charge in [0.15, 0.2) is 0 Å². The Kier molecular flexibility index (Phi) is 2.79. The van der Waals surface area contributed by atoms with Gasteiger partial charge in [0.05, 0.1) is 0 Å². The Morgan fingerprint density at radius 1 is 1.36 bits per heavy atom. The van der Waals surface area contributed by atoms with Crippen LogP contribution in [-0.2, 0) is 0 Å². The third-order valence-electron chi connectivity index (χ3n) is 2.50. The molecule has 0 heterocycles. The molecule has 0 radical (unpaired) electrons. The predicted molar refractivity (Wildman–Crippen MR) is 54.0 cm³/mol. The third-order valence-corrected chi connectivity index (χ3v) is 3.18. The summed E-state index contributed by atoms with van der Waals surface area (Å²) in [6.07, 6.45) is 7.12. The lowest BCUT2D eigenvalue weighted by molar-refractivity contribution is 0.226. The maximum absolute atomic E-state index is 3.63. The lowest BCUT2D eigenvalue weighted by atomic mass is 9.74. The van der Waals surface area contributed by atoms with E-state index in [0.717, 1.165) is 5.92 Å².